The third-order valence-electron chi connectivity index (χ3n) is 5.64. The third kappa shape index (κ3) is 3.56. The van der Waals surface area contributed by atoms with E-state index >= 15 is 0 Å². The van der Waals surface area contributed by atoms with Gasteiger partial charge in [-0.2, -0.15) is 5.10 Å². The van der Waals surface area contributed by atoms with Crippen LogP contribution in [0.3, 0.4) is 0 Å². The van der Waals surface area contributed by atoms with Crippen molar-refractivity contribution in [1.29, 1.82) is 0 Å². The Kier molecular flexibility index (Phi) is 5.52. The highest BCUT2D eigenvalue weighted by molar-refractivity contribution is 9.10. The molecule has 0 saturated carbocycles. The van der Waals surface area contributed by atoms with E-state index in [9.17, 15) is 0 Å². The zero-order valence-electron chi connectivity index (χ0n) is 18.0. The molecular weight excluding hydrogens is 438 g/mol. The van der Waals surface area contributed by atoms with Crippen molar-refractivity contribution < 1.29 is 0 Å². The predicted molar refractivity (Wildman–Crippen MR) is 127 cm³/mol. The lowest BCUT2D eigenvalue weighted by molar-refractivity contribution is 0.731. The van der Waals surface area contributed by atoms with Crippen LogP contribution >= 0.6 is 15.9 Å². The summed E-state index contributed by atoms with van der Waals surface area (Å²) >= 11 is 3.74. The summed E-state index contributed by atoms with van der Waals surface area (Å²) in [6.07, 6.45) is 5.54. The molecule has 0 amide bonds. The van der Waals surface area contributed by atoms with Gasteiger partial charge in [0.2, 0.25) is 0 Å². The van der Waals surface area contributed by atoms with Gasteiger partial charge in [-0.3, -0.25) is 4.68 Å². The SMILES string of the molecule is CCN(c1ccc(-n2ccnc2)c(Br)c1)c1cc(-c2c(C)nn(C)c2C)ccc1C. The van der Waals surface area contributed by atoms with Crippen molar-refractivity contribution in [3.05, 3.63) is 76.5 Å². The van der Waals surface area contributed by atoms with E-state index in [1.165, 1.54) is 28.1 Å². The Labute approximate surface area is 186 Å². The van der Waals surface area contributed by atoms with Crippen LogP contribution in [0.5, 0.6) is 0 Å². The van der Waals surface area contributed by atoms with Crippen LogP contribution in [-0.2, 0) is 7.05 Å². The molecule has 0 spiro atoms. The average molecular weight is 464 g/mol. The second-order valence-corrected chi connectivity index (χ2v) is 8.37. The minimum atomic E-state index is 0.867. The van der Waals surface area contributed by atoms with E-state index in [1.807, 2.05) is 28.8 Å². The van der Waals surface area contributed by atoms with Crippen molar-refractivity contribution in [2.45, 2.75) is 27.7 Å². The molecule has 30 heavy (non-hydrogen) atoms. The van der Waals surface area contributed by atoms with Gasteiger partial charge in [-0.1, -0.05) is 12.1 Å². The summed E-state index contributed by atoms with van der Waals surface area (Å²) in [5, 5.41) is 4.60. The lowest BCUT2D eigenvalue weighted by atomic mass is 10.0. The van der Waals surface area contributed by atoms with Crippen molar-refractivity contribution in [3.8, 4) is 16.8 Å². The van der Waals surface area contributed by atoms with Gasteiger partial charge >= 0.3 is 0 Å². The van der Waals surface area contributed by atoms with E-state index in [0.29, 0.717) is 0 Å². The number of aryl methyl sites for hydroxylation is 3. The fraction of sp³-hybridized carbons (Fsp3) is 0.250. The van der Waals surface area contributed by atoms with Crippen molar-refractivity contribution in [2.75, 3.05) is 11.4 Å². The number of hydrogen-bond acceptors (Lipinski definition) is 3. The van der Waals surface area contributed by atoms with Crippen LogP contribution in [0.1, 0.15) is 23.9 Å². The van der Waals surface area contributed by atoms with E-state index in [1.54, 1.807) is 6.20 Å². The standard InChI is InChI=1S/C24H26BrN5/c1-6-30(20-9-10-22(21(25)14-20)29-12-11-26-15-29)23-13-19(8-7-16(23)2)24-17(3)27-28(5)18(24)4/h7-15H,6H2,1-5H3. The van der Waals surface area contributed by atoms with Gasteiger partial charge < -0.3 is 9.47 Å². The second-order valence-electron chi connectivity index (χ2n) is 7.52. The Morgan fingerprint density at radius 2 is 1.87 bits per heavy atom. The van der Waals surface area contributed by atoms with Crippen LogP contribution in [-0.4, -0.2) is 25.9 Å². The number of imidazole rings is 1. The monoisotopic (exact) mass is 463 g/mol. The van der Waals surface area contributed by atoms with Gasteiger partial charge in [0.25, 0.3) is 0 Å². The highest BCUT2D eigenvalue weighted by Crippen LogP contribution is 2.36. The normalized spacial score (nSPS) is 11.1. The maximum absolute atomic E-state index is 4.60. The molecule has 0 fully saturated rings. The number of halogens is 1. The van der Waals surface area contributed by atoms with E-state index in [-0.39, 0.29) is 0 Å². The Morgan fingerprint density at radius 1 is 1.07 bits per heavy atom. The maximum atomic E-state index is 4.60. The van der Waals surface area contributed by atoms with Gasteiger partial charge in [0.15, 0.2) is 0 Å². The first-order valence-corrected chi connectivity index (χ1v) is 10.9. The number of anilines is 2. The molecule has 0 radical (unpaired) electrons. The molecule has 0 aliphatic rings. The second kappa shape index (κ2) is 8.11. The van der Waals surface area contributed by atoms with Gasteiger partial charge in [-0.15, -0.1) is 0 Å². The number of benzene rings is 2. The Bertz CT molecular complexity index is 1190. The Balaban J connectivity index is 1.78. The number of rotatable bonds is 5. The quantitative estimate of drug-likeness (QED) is 0.357. The molecule has 0 saturated heterocycles. The molecule has 0 N–H and O–H groups in total. The molecule has 2 heterocycles. The minimum Gasteiger partial charge on any atom is -0.342 e. The molecule has 6 heteroatoms. The van der Waals surface area contributed by atoms with Crippen molar-refractivity contribution >= 4 is 27.3 Å². The largest absolute Gasteiger partial charge is 0.342 e. The lowest BCUT2D eigenvalue weighted by Gasteiger charge is -2.26. The Morgan fingerprint density at radius 3 is 2.47 bits per heavy atom. The first kappa shape index (κ1) is 20.4. The van der Waals surface area contributed by atoms with E-state index in [0.717, 1.165) is 28.1 Å². The highest BCUT2D eigenvalue weighted by atomic mass is 79.9. The predicted octanol–water partition coefficient (Wildman–Crippen LogP) is 6.12. The fourth-order valence-corrected chi connectivity index (χ4v) is 4.59. The molecule has 0 aliphatic carbocycles. The highest BCUT2D eigenvalue weighted by Gasteiger charge is 2.17. The zero-order chi connectivity index (χ0) is 21.4. The van der Waals surface area contributed by atoms with Gasteiger partial charge in [0.05, 0.1) is 17.7 Å². The van der Waals surface area contributed by atoms with Crippen LogP contribution in [0.4, 0.5) is 11.4 Å². The number of hydrogen-bond donors (Lipinski definition) is 0. The average Bonchev–Trinajstić information content (AvgIpc) is 3.33. The van der Waals surface area contributed by atoms with Crippen LogP contribution in [0, 0.1) is 20.8 Å². The molecule has 5 nitrogen and oxygen atoms in total. The summed E-state index contributed by atoms with van der Waals surface area (Å²) in [7, 11) is 2.00. The first-order valence-electron chi connectivity index (χ1n) is 10.1. The summed E-state index contributed by atoms with van der Waals surface area (Å²) in [4.78, 5) is 6.50. The van der Waals surface area contributed by atoms with Gasteiger partial charge in [-0.25, -0.2) is 4.98 Å². The molecule has 0 unspecified atom stereocenters. The maximum Gasteiger partial charge on any atom is 0.0992 e. The van der Waals surface area contributed by atoms with E-state index < -0.39 is 0 Å². The topological polar surface area (TPSA) is 38.9 Å². The van der Waals surface area contributed by atoms with Crippen LogP contribution < -0.4 is 4.90 Å². The summed E-state index contributed by atoms with van der Waals surface area (Å²) < 4.78 is 4.99. The molecule has 0 aliphatic heterocycles. The lowest BCUT2D eigenvalue weighted by Crippen LogP contribution is -2.17. The zero-order valence-corrected chi connectivity index (χ0v) is 19.6. The summed E-state index contributed by atoms with van der Waals surface area (Å²) in [5.41, 5.74) is 9.32. The van der Waals surface area contributed by atoms with Gasteiger partial charge in [0, 0.05) is 53.1 Å². The van der Waals surface area contributed by atoms with E-state index in [4.69, 9.17) is 0 Å². The smallest absolute Gasteiger partial charge is 0.0992 e. The van der Waals surface area contributed by atoms with Crippen molar-refractivity contribution in [1.82, 2.24) is 19.3 Å². The summed E-state index contributed by atoms with van der Waals surface area (Å²) in [6, 6.07) is 13.1. The summed E-state index contributed by atoms with van der Waals surface area (Å²) in [5.74, 6) is 0. The minimum absolute atomic E-state index is 0.867. The first-order chi connectivity index (χ1) is 14.4. The van der Waals surface area contributed by atoms with Crippen LogP contribution in [0.15, 0.2) is 59.6 Å². The molecule has 2 aromatic carbocycles. The molecule has 4 aromatic rings. The molecular formula is C24H26BrN5. The Hall–Kier alpha value is -2.86. The van der Waals surface area contributed by atoms with Gasteiger partial charge in [0.1, 0.15) is 0 Å². The number of aromatic nitrogens is 4. The molecule has 0 bridgehead atoms. The molecule has 0 atom stereocenters. The van der Waals surface area contributed by atoms with Crippen LogP contribution in [0.2, 0.25) is 0 Å². The van der Waals surface area contributed by atoms with Crippen molar-refractivity contribution in [2.24, 2.45) is 7.05 Å². The molecule has 154 valence electrons. The molecule has 2 aromatic heterocycles. The molecule has 4 rings (SSSR count). The van der Waals surface area contributed by atoms with E-state index in [2.05, 4.69) is 95.0 Å². The van der Waals surface area contributed by atoms with Crippen LogP contribution in [0.25, 0.3) is 16.8 Å². The number of nitrogens with zero attached hydrogens (tertiary/aromatic N) is 5. The summed E-state index contributed by atoms with van der Waals surface area (Å²) in [6.45, 7) is 9.42. The fourth-order valence-electron chi connectivity index (χ4n) is 4.01. The van der Waals surface area contributed by atoms with Crippen molar-refractivity contribution in [3.63, 3.8) is 0 Å². The third-order valence-corrected chi connectivity index (χ3v) is 6.27. The van der Waals surface area contributed by atoms with Gasteiger partial charge in [-0.05, 0) is 79.0 Å².